The Morgan fingerprint density at radius 2 is 1.83 bits per heavy atom. The number of nitrogens with one attached hydrogen (secondary N) is 2. The van der Waals surface area contributed by atoms with Crippen molar-refractivity contribution in [3.05, 3.63) is 12.2 Å². The lowest BCUT2D eigenvalue weighted by molar-refractivity contribution is -0.137. The van der Waals surface area contributed by atoms with Crippen LogP contribution >= 0.6 is 12.2 Å². The van der Waals surface area contributed by atoms with E-state index in [1.807, 2.05) is 0 Å². The minimum absolute atomic E-state index is 0.0215. The summed E-state index contributed by atoms with van der Waals surface area (Å²) in [4.78, 5) is 23.5. The van der Waals surface area contributed by atoms with E-state index in [2.05, 4.69) is 29.7 Å². The molecule has 2 bridgehead atoms. The van der Waals surface area contributed by atoms with Crippen LogP contribution < -0.4 is 10.6 Å². The van der Waals surface area contributed by atoms with Crippen molar-refractivity contribution >= 4 is 29.1 Å². The molecule has 30 heavy (non-hydrogen) atoms. The number of unbranched alkanes of at least 4 members (excludes halogenated alkanes) is 4. The number of thiocarbonyl (C=S) groups is 1. The normalized spacial score (nSPS) is 25.0. The molecule has 0 aromatic heterocycles. The molecular formula is C23H38N2O4S. The number of ether oxygens (including phenoxy) is 1. The highest BCUT2D eigenvalue weighted by atomic mass is 32.1. The topological polar surface area (TPSA) is 87.7 Å². The van der Waals surface area contributed by atoms with E-state index >= 15 is 0 Å². The minimum atomic E-state index is -0.744. The van der Waals surface area contributed by atoms with Crippen LogP contribution in [0.2, 0.25) is 0 Å². The fraction of sp³-hybridized carbons (Fsp3) is 0.783. The number of carboxylic acids is 1. The van der Waals surface area contributed by atoms with Gasteiger partial charge in [0.2, 0.25) is 5.91 Å². The number of carboxylic acid groups (broad SMARTS) is 1. The molecule has 2 heterocycles. The molecule has 2 rings (SSSR count). The summed E-state index contributed by atoms with van der Waals surface area (Å²) < 4.78 is 6.10. The van der Waals surface area contributed by atoms with Gasteiger partial charge in [0, 0.05) is 25.4 Å². The van der Waals surface area contributed by atoms with Crippen molar-refractivity contribution in [2.75, 3.05) is 13.1 Å². The molecule has 2 fully saturated rings. The molecule has 7 heteroatoms. The van der Waals surface area contributed by atoms with Crippen molar-refractivity contribution < 1.29 is 19.4 Å². The third-order valence-corrected chi connectivity index (χ3v) is 6.42. The average Bonchev–Trinajstić information content (AvgIpc) is 3.30. The quantitative estimate of drug-likeness (QED) is 0.204. The zero-order valence-electron chi connectivity index (χ0n) is 18.2. The summed E-state index contributed by atoms with van der Waals surface area (Å²) in [5.41, 5.74) is 0. The van der Waals surface area contributed by atoms with Gasteiger partial charge in [-0.3, -0.25) is 9.59 Å². The Morgan fingerprint density at radius 1 is 1.07 bits per heavy atom. The lowest BCUT2D eigenvalue weighted by Gasteiger charge is -2.27. The third kappa shape index (κ3) is 8.72. The highest BCUT2D eigenvalue weighted by Gasteiger charge is 2.47. The van der Waals surface area contributed by atoms with E-state index in [4.69, 9.17) is 22.1 Å². The molecular weight excluding hydrogens is 400 g/mol. The number of aliphatic carboxylic acids is 1. The molecule has 6 nitrogen and oxygen atoms in total. The second kappa shape index (κ2) is 13.8. The maximum atomic E-state index is 12.3. The van der Waals surface area contributed by atoms with Crippen LogP contribution in [0.5, 0.6) is 0 Å². The molecule has 0 aromatic carbocycles. The SMILES string of the molecule is CCCCCCNC(=S)CC(=O)NC[C@H]1[C@@H](C/C=C\CCCC(=O)O)[C@H]2CC[C@@H]1O2. The van der Waals surface area contributed by atoms with Crippen molar-refractivity contribution in [3.63, 3.8) is 0 Å². The van der Waals surface area contributed by atoms with Crippen molar-refractivity contribution in [2.24, 2.45) is 11.8 Å². The van der Waals surface area contributed by atoms with Crippen LogP contribution in [-0.2, 0) is 14.3 Å². The smallest absolute Gasteiger partial charge is 0.303 e. The fourth-order valence-corrected chi connectivity index (χ4v) is 4.74. The van der Waals surface area contributed by atoms with Crippen molar-refractivity contribution in [3.8, 4) is 0 Å². The monoisotopic (exact) mass is 438 g/mol. The number of hydrogen-bond donors (Lipinski definition) is 3. The molecule has 0 radical (unpaired) electrons. The summed E-state index contributed by atoms with van der Waals surface area (Å²) in [5, 5.41) is 15.0. The highest BCUT2D eigenvalue weighted by Crippen LogP contribution is 2.44. The maximum Gasteiger partial charge on any atom is 0.303 e. The van der Waals surface area contributed by atoms with Gasteiger partial charge in [0.15, 0.2) is 0 Å². The Labute approximate surface area is 186 Å². The number of fused-ring (bicyclic) bond motifs is 2. The van der Waals surface area contributed by atoms with Gasteiger partial charge in [-0.25, -0.2) is 0 Å². The van der Waals surface area contributed by atoms with E-state index in [-0.39, 0.29) is 31.0 Å². The van der Waals surface area contributed by atoms with Crippen LogP contribution in [0, 0.1) is 11.8 Å². The second-order valence-electron chi connectivity index (χ2n) is 8.50. The number of hydrogen-bond acceptors (Lipinski definition) is 4. The lowest BCUT2D eigenvalue weighted by atomic mass is 9.77. The minimum Gasteiger partial charge on any atom is -0.481 e. The maximum absolute atomic E-state index is 12.3. The summed E-state index contributed by atoms with van der Waals surface area (Å²) in [5.74, 6) is -0.00552. The summed E-state index contributed by atoms with van der Waals surface area (Å²) in [7, 11) is 0. The standard InChI is InChI=1S/C23H38N2O4S/c1-2-3-4-9-14-24-22(30)15-21(26)25-16-18-17(19-12-13-20(18)29-19)10-7-5-6-8-11-23(27)28/h5,7,17-20H,2-4,6,8-16H2,1H3,(H,24,30)(H,25,26)(H,27,28)/b7-5-/t17-,18+,19-,20+/m1/s1. The zero-order chi connectivity index (χ0) is 21.8. The third-order valence-electron chi connectivity index (χ3n) is 6.14. The van der Waals surface area contributed by atoms with Gasteiger partial charge in [-0.2, -0.15) is 0 Å². The summed E-state index contributed by atoms with van der Waals surface area (Å²) in [6.07, 6.45) is 14.5. The number of carbonyl (C=O) groups excluding carboxylic acids is 1. The predicted octanol–water partition coefficient (Wildman–Crippen LogP) is 3.98. The molecule has 2 saturated heterocycles. The van der Waals surface area contributed by atoms with Crippen LogP contribution in [0.1, 0.15) is 77.6 Å². The number of amides is 1. The molecule has 2 aliphatic rings. The van der Waals surface area contributed by atoms with Gasteiger partial charge in [0.05, 0.1) is 23.6 Å². The summed E-state index contributed by atoms with van der Waals surface area (Å²) >= 11 is 5.30. The molecule has 170 valence electrons. The second-order valence-corrected chi connectivity index (χ2v) is 9.00. The zero-order valence-corrected chi connectivity index (χ0v) is 19.1. The molecule has 0 saturated carbocycles. The molecule has 0 aromatic rings. The van der Waals surface area contributed by atoms with Crippen molar-refractivity contribution in [1.82, 2.24) is 10.6 Å². The Bertz CT molecular complexity index is 596. The first kappa shape index (κ1) is 24.8. The van der Waals surface area contributed by atoms with E-state index in [0.717, 1.165) is 38.6 Å². The van der Waals surface area contributed by atoms with E-state index < -0.39 is 5.97 Å². The van der Waals surface area contributed by atoms with Gasteiger partial charge < -0.3 is 20.5 Å². The molecule has 0 aliphatic carbocycles. The highest BCUT2D eigenvalue weighted by molar-refractivity contribution is 7.80. The summed E-state index contributed by atoms with van der Waals surface area (Å²) in [6.45, 7) is 3.66. The first-order valence-corrected chi connectivity index (χ1v) is 12.0. The van der Waals surface area contributed by atoms with Gasteiger partial charge in [0.25, 0.3) is 0 Å². The average molecular weight is 439 g/mol. The van der Waals surface area contributed by atoms with Crippen molar-refractivity contribution in [2.45, 2.75) is 89.8 Å². The molecule has 0 unspecified atom stereocenters. The van der Waals surface area contributed by atoms with Crippen LogP contribution in [-0.4, -0.2) is 47.3 Å². The van der Waals surface area contributed by atoms with Gasteiger partial charge in [-0.1, -0.05) is 50.6 Å². The molecule has 3 N–H and O–H groups in total. The van der Waals surface area contributed by atoms with E-state index in [1.54, 1.807) is 0 Å². The molecule has 2 aliphatic heterocycles. The number of rotatable bonds is 15. The van der Waals surface area contributed by atoms with Crippen LogP contribution in [0.4, 0.5) is 0 Å². The van der Waals surface area contributed by atoms with Crippen molar-refractivity contribution in [1.29, 1.82) is 0 Å². The van der Waals surface area contributed by atoms with Gasteiger partial charge >= 0.3 is 5.97 Å². The number of allylic oxidation sites excluding steroid dienone is 2. The Kier molecular flexibility index (Phi) is 11.4. The van der Waals surface area contributed by atoms with Gasteiger partial charge in [-0.15, -0.1) is 0 Å². The van der Waals surface area contributed by atoms with E-state index in [1.165, 1.54) is 19.3 Å². The van der Waals surface area contributed by atoms with Crippen LogP contribution in [0.25, 0.3) is 0 Å². The Hall–Kier alpha value is -1.47. The first-order valence-electron chi connectivity index (χ1n) is 11.6. The fourth-order valence-electron chi connectivity index (χ4n) is 4.50. The first-order chi connectivity index (χ1) is 14.5. The molecule has 4 atom stereocenters. The van der Waals surface area contributed by atoms with E-state index in [9.17, 15) is 9.59 Å². The van der Waals surface area contributed by atoms with Gasteiger partial charge in [0.1, 0.15) is 0 Å². The largest absolute Gasteiger partial charge is 0.481 e. The number of carbonyl (C=O) groups is 2. The molecule has 1 amide bonds. The summed E-state index contributed by atoms with van der Waals surface area (Å²) in [6, 6.07) is 0. The van der Waals surface area contributed by atoms with Gasteiger partial charge in [-0.05, 0) is 44.4 Å². The van der Waals surface area contributed by atoms with Crippen LogP contribution in [0.15, 0.2) is 12.2 Å². The Morgan fingerprint density at radius 3 is 2.57 bits per heavy atom. The van der Waals surface area contributed by atoms with Crippen LogP contribution in [0.3, 0.4) is 0 Å². The Balaban J connectivity index is 1.67. The predicted molar refractivity (Wildman–Crippen MR) is 122 cm³/mol. The van der Waals surface area contributed by atoms with E-state index in [0.29, 0.717) is 29.8 Å². The molecule has 0 spiro atoms. The lowest BCUT2D eigenvalue weighted by Crippen LogP contribution is -2.39.